The van der Waals surface area contributed by atoms with Crippen molar-refractivity contribution in [2.45, 2.75) is 37.8 Å². The van der Waals surface area contributed by atoms with E-state index in [1.807, 2.05) is 0 Å². The number of alkyl halides is 1. The Morgan fingerprint density at radius 3 is 2.76 bits per heavy atom. The first-order valence-electron chi connectivity index (χ1n) is 6.96. The molecule has 0 bridgehead atoms. The molecule has 0 aliphatic carbocycles. The lowest BCUT2D eigenvalue weighted by molar-refractivity contribution is 0.0626. The molecule has 98 valence electrons. The lowest BCUT2D eigenvalue weighted by Crippen LogP contribution is -2.47. The van der Waals surface area contributed by atoms with Gasteiger partial charge in [0.15, 0.2) is 0 Å². The largest absolute Gasteiger partial charge is 0.316 e. The van der Waals surface area contributed by atoms with Crippen LogP contribution >= 0.6 is 0 Å². The van der Waals surface area contributed by atoms with Gasteiger partial charge in [-0.1, -0.05) is 6.08 Å². The van der Waals surface area contributed by atoms with Gasteiger partial charge >= 0.3 is 0 Å². The molecule has 2 rings (SSSR count). The van der Waals surface area contributed by atoms with Crippen LogP contribution in [0.5, 0.6) is 0 Å². The SMILES string of the molecule is C=C[C@H]1CCCN(CC2(F)CCNCC2)CC1. The smallest absolute Gasteiger partial charge is 0.126 e. The first kappa shape index (κ1) is 13.0. The van der Waals surface area contributed by atoms with Crippen LogP contribution in [0, 0.1) is 5.92 Å². The van der Waals surface area contributed by atoms with Gasteiger partial charge in [-0.25, -0.2) is 4.39 Å². The average molecular weight is 240 g/mol. The maximum atomic E-state index is 14.6. The number of hydrogen-bond donors (Lipinski definition) is 1. The summed E-state index contributed by atoms with van der Waals surface area (Å²) in [7, 11) is 0. The summed E-state index contributed by atoms with van der Waals surface area (Å²) in [6.45, 7) is 8.28. The van der Waals surface area contributed by atoms with Crippen molar-refractivity contribution in [2.75, 3.05) is 32.7 Å². The summed E-state index contributed by atoms with van der Waals surface area (Å²) in [4.78, 5) is 2.33. The zero-order chi connectivity index (χ0) is 12.1. The van der Waals surface area contributed by atoms with E-state index in [0.29, 0.717) is 25.3 Å². The van der Waals surface area contributed by atoms with Crippen molar-refractivity contribution in [3.05, 3.63) is 12.7 Å². The van der Waals surface area contributed by atoms with E-state index in [4.69, 9.17) is 0 Å². The first-order valence-corrected chi connectivity index (χ1v) is 6.96. The standard InChI is InChI=1S/C14H25FN2/c1-2-13-4-3-10-17(11-5-13)12-14(15)6-8-16-9-7-14/h2,13,16H,1,3-12H2/t13-/m0/s1. The van der Waals surface area contributed by atoms with Crippen molar-refractivity contribution in [2.24, 2.45) is 5.92 Å². The molecule has 2 aliphatic heterocycles. The average Bonchev–Trinajstić information content (AvgIpc) is 2.55. The molecule has 2 saturated heterocycles. The van der Waals surface area contributed by atoms with Crippen LogP contribution in [-0.4, -0.2) is 43.3 Å². The van der Waals surface area contributed by atoms with Gasteiger partial charge in [0, 0.05) is 6.54 Å². The highest BCUT2D eigenvalue weighted by molar-refractivity contribution is 4.90. The number of piperidine rings is 1. The Labute approximate surface area is 104 Å². The summed E-state index contributed by atoms with van der Waals surface area (Å²) < 4.78 is 14.6. The fourth-order valence-corrected chi connectivity index (χ4v) is 3.01. The maximum Gasteiger partial charge on any atom is 0.126 e. The van der Waals surface area contributed by atoms with Gasteiger partial charge < -0.3 is 10.2 Å². The van der Waals surface area contributed by atoms with E-state index in [1.54, 1.807) is 0 Å². The van der Waals surface area contributed by atoms with Crippen LogP contribution in [0.2, 0.25) is 0 Å². The number of nitrogens with one attached hydrogen (secondary N) is 1. The number of rotatable bonds is 3. The highest BCUT2D eigenvalue weighted by Crippen LogP contribution is 2.26. The Morgan fingerprint density at radius 1 is 1.29 bits per heavy atom. The summed E-state index contributed by atoms with van der Waals surface area (Å²) in [5.74, 6) is 0.642. The second-order valence-electron chi connectivity index (χ2n) is 5.60. The predicted molar refractivity (Wildman–Crippen MR) is 69.9 cm³/mol. The summed E-state index contributed by atoms with van der Waals surface area (Å²) in [5, 5.41) is 3.23. The van der Waals surface area contributed by atoms with Gasteiger partial charge in [0.1, 0.15) is 5.67 Å². The summed E-state index contributed by atoms with van der Waals surface area (Å²) in [5.41, 5.74) is -0.945. The van der Waals surface area contributed by atoms with Crippen LogP contribution in [0.25, 0.3) is 0 Å². The quantitative estimate of drug-likeness (QED) is 0.762. The summed E-state index contributed by atoms with van der Waals surface area (Å²) in [6.07, 6.45) is 6.98. The minimum absolute atomic E-state index is 0.637. The first-order chi connectivity index (χ1) is 8.22. The molecule has 1 atom stereocenters. The molecule has 0 spiro atoms. The second-order valence-corrected chi connectivity index (χ2v) is 5.60. The maximum absolute atomic E-state index is 14.6. The molecule has 2 fully saturated rings. The molecule has 1 N–H and O–H groups in total. The third-order valence-electron chi connectivity index (χ3n) is 4.21. The number of nitrogens with zero attached hydrogens (tertiary/aromatic N) is 1. The molecule has 0 aromatic heterocycles. The number of allylic oxidation sites excluding steroid dienone is 1. The van der Waals surface area contributed by atoms with Crippen LogP contribution < -0.4 is 5.32 Å². The minimum Gasteiger partial charge on any atom is -0.316 e. The Morgan fingerprint density at radius 2 is 2.06 bits per heavy atom. The van der Waals surface area contributed by atoms with Gasteiger partial charge in [0.2, 0.25) is 0 Å². The van der Waals surface area contributed by atoms with Gasteiger partial charge in [-0.2, -0.15) is 0 Å². The molecule has 0 unspecified atom stereocenters. The van der Waals surface area contributed by atoms with Gasteiger partial charge in [-0.05, 0) is 64.2 Å². The molecule has 0 amide bonds. The molecule has 0 aromatic carbocycles. The van der Waals surface area contributed by atoms with Gasteiger partial charge in [-0.3, -0.25) is 0 Å². The summed E-state index contributed by atoms with van der Waals surface area (Å²) in [6, 6.07) is 0. The lowest BCUT2D eigenvalue weighted by atomic mass is 9.93. The molecule has 2 heterocycles. The Bertz CT molecular complexity index is 249. The molecule has 0 saturated carbocycles. The van der Waals surface area contributed by atoms with E-state index >= 15 is 0 Å². The second kappa shape index (κ2) is 5.96. The normalized spacial score (nSPS) is 30.8. The Kier molecular flexibility index (Phi) is 4.57. The van der Waals surface area contributed by atoms with E-state index in [2.05, 4.69) is 22.9 Å². The lowest BCUT2D eigenvalue weighted by Gasteiger charge is -2.34. The molecular formula is C14H25FN2. The van der Waals surface area contributed by atoms with Crippen LogP contribution in [0.3, 0.4) is 0 Å². The van der Waals surface area contributed by atoms with Crippen molar-refractivity contribution in [3.63, 3.8) is 0 Å². The van der Waals surface area contributed by atoms with Crippen LogP contribution in [-0.2, 0) is 0 Å². The number of halogens is 1. The zero-order valence-electron chi connectivity index (χ0n) is 10.8. The van der Waals surface area contributed by atoms with Crippen LogP contribution in [0.15, 0.2) is 12.7 Å². The minimum atomic E-state index is -0.945. The molecule has 2 aliphatic rings. The monoisotopic (exact) mass is 240 g/mol. The zero-order valence-corrected chi connectivity index (χ0v) is 10.8. The van der Waals surface area contributed by atoms with E-state index in [-0.39, 0.29) is 0 Å². The van der Waals surface area contributed by atoms with E-state index < -0.39 is 5.67 Å². The van der Waals surface area contributed by atoms with Crippen LogP contribution in [0.4, 0.5) is 4.39 Å². The Balaban J connectivity index is 1.83. The summed E-state index contributed by atoms with van der Waals surface area (Å²) >= 11 is 0. The van der Waals surface area contributed by atoms with Crippen LogP contribution in [0.1, 0.15) is 32.1 Å². The Hall–Kier alpha value is -0.410. The molecule has 2 nitrogen and oxygen atoms in total. The van der Waals surface area contributed by atoms with Gasteiger partial charge in [0.05, 0.1) is 0 Å². The molecule has 0 aromatic rings. The topological polar surface area (TPSA) is 15.3 Å². The molecule has 0 radical (unpaired) electrons. The fourth-order valence-electron chi connectivity index (χ4n) is 3.01. The van der Waals surface area contributed by atoms with Crippen molar-refractivity contribution < 1.29 is 4.39 Å². The fraction of sp³-hybridized carbons (Fsp3) is 0.857. The van der Waals surface area contributed by atoms with Crippen molar-refractivity contribution in [1.82, 2.24) is 10.2 Å². The van der Waals surface area contributed by atoms with E-state index in [1.165, 1.54) is 12.8 Å². The van der Waals surface area contributed by atoms with E-state index in [9.17, 15) is 4.39 Å². The number of likely N-dealkylation sites (tertiary alicyclic amines) is 1. The molecule has 17 heavy (non-hydrogen) atoms. The highest BCUT2D eigenvalue weighted by Gasteiger charge is 2.33. The van der Waals surface area contributed by atoms with Crippen molar-refractivity contribution >= 4 is 0 Å². The van der Waals surface area contributed by atoms with Gasteiger partial charge in [-0.15, -0.1) is 6.58 Å². The number of hydrogen-bond acceptors (Lipinski definition) is 2. The molecule has 3 heteroatoms. The third-order valence-corrected chi connectivity index (χ3v) is 4.21. The van der Waals surface area contributed by atoms with Crippen molar-refractivity contribution in [1.29, 1.82) is 0 Å². The van der Waals surface area contributed by atoms with Crippen molar-refractivity contribution in [3.8, 4) is 0 Å². The van der Waals surface area contributed by atoms with E-state index in [0.717, 1.165) is 32.6 Å². The molecular weight excluding hydrogens is 215 g/mol. The predicted octanol–water partition coefficient (Wildman–Crippen LogP) is 2.37. The third kappa shape index (κ3) is 3.78. The van der Waals surface area contributed by atoms with Gasteiger partial charge in [0.25, 0.3) is 0 Å². The highest BCUT2D eigenvalue weighted by atomic mass is 19.1.